The van der Waals surface area contributed by atoms with E-state index in [-0.39, 0.29) is 5.78 Å². The Labute approximate surface area is 165 Å². The number of nitrogens with one attached hydrogen (secondary N) is 1. The van der Waals surface area contributed by atoms with Crippen LogP contribution >= 0.6 is 15.9 Å². The molecule has 1 N–H and O–H groups in total. The maximum Gasteiger partial charge on any atom is 0.213 e. The van der Waals surface area contributed by atoms with Crippen molar-refractivity contribution < 1.29 is 4.79 Å². The van der Waals surface area contributed by atoms with Gasteiger partial charge in [0.15, 0.2) is 5.82 Å². The molecule has 27 heavy (non-hydrogen) atoms. The first-order valence-electron chi connectivity index (χ1n) is 8.80. The first kappa shape index (κ1) is 18.0. The molecule has 7 nitrogen and oxygen atoms in total. The SMILES string of the molecule is O=C(c1ccccn1)c1cc(Br)ccc1-n1cnnc1CN1CCNCC1. The summed E-state index contributed by atoms with van der Waals surface area (Å²) in [6.45, 7) is 4.56. The zero-order valence-electron chi connectivity index (χ0n) is 14.7. The molecule has 0 radical (unpaired) electrons. The van der Waals surface area contributed by atoms with E-state index in [9.17, 15) is 4.79 Å². The van der Waals surface area contributed by atoms with Gasteiger partial charge in [-0.2, -0.15) is 0 Å². The van der Waals surface area contributed by atoms with E-state index in [0.29, 0.717) is 17.8 Å². The maximum absolute atomic E-state index is 13.1. The molecule has 0 unspecified atom stereocenters. The Morgan fingerprint density at radius 1 is 1.19 bits per heavy atom. The first-order valence-corrected chi connectivity index (χ1v) is 9.59. The summed E-state index contributed by atoms with van der Waals surface area (Å²) < 4.78 is 2.73. The van der Waals surface area contributed by atoms with Gasteiger partial charge in [-0.05, 0) is 30.3 Å². The van der Waals surface area contributed by atoms with Crippen LogP contribution in [0.3, 0.4) is 0 Å². The number of hydrogen-bond donors (Lipinski definition) is 1. The molecule has 0 saturated carbocycles. The van der Waals surface area contributed by atoms with Crippen molar-refractivity contribution in [2.24, 2.45) is 0 Å². The summed E-state index contributed by atoms with van der Waals surface area (Å²) in [6, 6.07) is 11.0. The van der Waals surface area contributed by atoms with Crippen LogP contribution in [0.1, 0.15) is 21.9 Å². The lowest BCUT2D eigenvalue weighted by molar-refractivity contribution is 0.103. The summed E-state index contributed by atoms with van der Waals surface area (Å²) in [7, 11) is 0. The van der Waals surface area contributed by atoms with Gasteiger partial charge in [-0.25, -0.2) is 0 Å². The molecule has 0 amide bonds. The minimum absolute atomic E-state index is 0.131. The highest BCUT2D eigenvalue weighted by molar-refractivity contribution is 9.10. The van der Waals surface area contributed by atoms with Gasteiger partial charge in [0, 0.05) is 42.4 Å². The van der Waals surface area contributed by atoms with Crippen LogP contribution in [0, 0.1) is 0 Å². The van der Waals surface area contributed by atoms with Gasteiger partial charge in [0.05, 0.1) is 12.2 Å². The number of rotatable bonds is 5. The van der Waals surface area contributed by atoms with E-state index in [4.69, 9.17) is 0 Å². The highest BCUT2D eigenvalue weighted by Crippen LogP contribution is 2.24. The Bertz CT molecular complexity index is 936. The summed E-state index contributed by atoms with van der Waals surface area (Å²) in [4.78, 5) is 19.6. The number of benzene rings is 1. The molecule has 2 aromatic heterocycles. The Balaban J connectivity index is 1.71. The quantitative estimate of drug-likeness (QED) is 0.629. The molecular formula is C19H19BrN6O. The molecule has 0 bridgehead atoms. The van der Waals surface area contributed by atoms with Gasteiger partial charge < -0.3 is 5.32 Å². The van der Waals surface area contributed by atoms with Gasteiger partial charge in [-0.3, -0.25) is 19.2 Å². The highest BCUT2D eigenvalue weighted by Gasteiger charge is 2.20. The van der Waals surface area contributed by atoms with Crippen molar-refractivity contribution in [2.45, 2.75) is 6.54 Å². The van der Waals surface area contributed by atoms with Crippen LogP contribution < -0.4 is 5.32 Å². The van der Waals surface area contributed by atoms with E-state index in [1.807, 2.05) is 28.8 Å². The Kier molecular flexibility index (Phi) is 5.38. The number of pyridine rings is 1. The lowest BCUT2D eigenvalue weighted by Gasteiger charge is -2.26. The second kappa shape index (κ2) is 8.08. The van der Waals surface area contributed by atoms with Crippen LogP contribution in [0.2, 0.25) is 0 Å². The summed E-state index contributed by atoms with van der Waals surface area (Å²) in [6.07, 6.45) is 3.29. The summed E-state index contributed by atoms with van der Waals surface area (Å²) in [5.41, 5.74) is 1.72. The Hall–Kier alpha value is -2.42. The van der Waals surface area contributed by atoms with Crippen molar-refractivity contribution in [2.75, 3.05) is 26.2 Å². The molecule has 0 aliphatic carbocycles. The van der Waals surface area contributed by atoms with Crippen molar-refractivity contribution in [3.8, 4) is 5.69 Å². The fraction of sp³-hybridized carbons (Fsp3) is 0.263. The summed E-state index contributed by atoms with van der Waals surface area (Å²) in [5.74, 6) is 0.683. The number of halogens is 1. The van der Waals surface area contributed by atoms with Crippen molar-refractivity contribution in [1.82, 2.24) is 30.0 Å². The predicted molar refractivity (Wildman–Crippen MR) is 105 cm³/mol. The van der Waals surface area contributed by atoms with Gasteiger partial charge >= 0.3 is 0 Å². The van der Waals surface area contributed by atoms with Gasteiger partial charge in [0.25, 0.3) is 0 Å². The lowest BCUT2D eigenvalue weighted by Crippen LogP contribution is -2.43. The minimum Gasteiger partial charge on any atom is -0.314 e. The van der Waals surface area contributed by atoms with Gasteiger partial charge in [-0.1, -0.05) is 22.0 Å². The molecule has 0 spiro atoms. The Morgan fingerprint density at radius 2 is 2.04 bits per heavy atom. The fourth-order valence-electron chi connectivity index (χ4n) is 3.17. The smallest absolute Gasteiger partial charge is 0.213 e. The average molecular weight is 427 g/mol. The van der Waals surface area contributed by atoms with Crippen molar-refractivity contribution in [1.29, 1.82) is 0 Å². The van der Waals surface area contributed by atoms with Crippen LogP contribution in [-0.2, 0) is 6.54 Å². The zero-order valence-corrected chi connectivity index (χ0v) is 16.3. The molecule has 138 valence electrons. The number of nitrogens with zero attached hydrogens (tertiary/aromatic N) is 5. The molecule has 0 atom stereocenters. The minimum atomic E-state index is -0.131. The monoisotopic (exact) mass is 426 g/mol. The predicted octanol–water partition coefficient (Wildman–Crippen LogP) is 2.06. The van der Waals surface area contributed by atoms with E-state index >= 15 is 0 Å². The van der Waals surface area contributed by atoms with Crippen molar-refractivity contribution in [3.05, 3.63) is 70.5 Å². The van der Waals surface area contributed by atoms with E-state index in [1.54, 1.807) is 24.7 Å². The third kappa shape index (κ3) is 3.97. The number of carbonyl (C=O) groups is 1. The zero-order chi connectivity index (χ0) is 18.6. The van der Waals surface area contributed by atoms with Crippen molar-refractivity contribution in [3.63, 3.8) is 0 Å². The van der Waals surface area contributed by atoms with Crippen LogP contribution in [0.25, 0.3) is 5.69 Å². The van der Waals surface area contributed by atoms with Crippen LogP contribution in [0.4, 0.5) is 0 Å². The lowest BCUT2D eigenvalue weighted by atomic mass is 10.1. The summed E-state index contributed by atoms with van der Waals surface area (Å²) in [5, 5.41) is 11.7. The molecule has 1 saturated heterocycles. The normalized spacial score (nSPS) is 15.0. The van der Waals surface area contributed by atoms with E-state index in [2.05, 4.69) is 41.3 Å². The van der Waals surface area contributed by atoms with E-state index in [0.717, 1.165) is 42.2 Å². The maximum atomic E-state index is 13.1. The molecule has 1 aliphatic heterocycles. The summed E-state index contributed by atoms with van der Waals surface area (Å²) >= 11 is 3.47. The molecule has 1 aromatic carbocycles. The standard InChI is InChI=1S/C19H19BrN6O/c20-14-4-5-17(15(11-14)19(27)16-3-1-2-6-22-16)26-13-23-24-18(26)12-25-9-7-21-8-10-25/h1-6,11,13,21H,7-10,12H2. The van der Waals surface area contributed by atoms with Gasteiger partial charge in [0.2, 0.25) is 5.78 Å². The number of carbonyl (C=O) groups excluding carboxylic acids is 1. The molecular weight excluding hydrogens is 408 g/mol. The molecule has 8 heteroatoms. The Morgan fingerprint density at radius 3 is 2.81 bits per heavy atom. The highest BCUT2D eigenvalue weighted by atomic mass is 79.9. The third-order valence-electron chi connectivity index (χ3n) is 4.55. The van der Waals surface area contributed by atoms with Crippen LogP contribution in [-0.4, -0.2) is 56.6 Å². The second-order valence-electron chi connectivity index (χ2n) is 6.35. The molecule has 3 aromatic rings. The fourth-order valence-corrected chi connectivity index (χ4v) is 3.53. The number of hydrogen-bond acceptors (Lipinski definition) is 6. The van der Waals surface area contributed by atoms with Gasteiger partial charge in [-0.15, -0.1) is 10.2 Å². The molecule has 3 heterocycles. The van der Waals surface area contributed by atoms with Gasteiger partial charge in [0.1, 0.15) is 12.0 Å². The van der Waals surface area contributed by atoms with E-state index < -0.39 is 0 Å². The third-order valence-corrected chi connectivity index (χ3v) is 5.05. The number of aromatic nitrogens is 4. The van der Waals surface area contributed by atoms with Crippen molar-refractivity contribution >= 4 is 21.7 Å². The number of piperazine rings is 1. The second-order valence-corrected chi connectivity index (χ2v) is 7.26. The first-order chi connectivity index (χ1) is 13.2. The largest absolute Gasteiger partial charge is 0.314 e. The molecule has 1 fully saturated rings. The van der Waals surface area contributed by atoms with Crippen LogP contribution in [0.5, 0.6) is 0 Å². The van der Waals surface area contributed by atoms with Crippen LogP contribution in [0.15, 0.2) is 53.4 Å². The average Bonchev–Trinajstić information content (AvgIpc) is 3.16. The van der Waals surface area contributed by atoms with E-state index in [1.165, 1.54) is 0 Å². The number of ketones is 1. The molecule has 4 rings (SSSR count). The topological polar surface area (TPSA) is 75.9 Å². The molecule has 1 aliphatic rings.